The van der Waals surface area contributed by atoms with Gasteiger partial charge >= 0.3 is 31.2 Å². The maximum absolute atomic E-state index is 12.9. The maximum atomic E-state index is 12.9. The summed E-state index contributed by atoms with van der Waals surface area (Å²) in [7, 11) is -14.6. The number of rotatable bonds is 22. The Hall–Kier alpha value is -1.04. The number of hydrogen-bond donors (Lipinski definition) is 7. The van der Waals surface area contributed by atoms with Gasteiger partial charge in [0.2, 0.25) is 5.91 Å². The van der Waals surface area contributed by atoms with Crippen LogP contribution in [0.4, 0.5) is 0 Å². The van der Waals surface area contributed by atoms with E-state index in [4.69, 9.17) is 18.3 Å². The van der Waals surface area contributed by atoms with Crippen molar-refractivity contribution in [2.24, 2.45) is 52.1 Å². The summed E-state index contributed by atoms with van der Waals surface area (Å²) in [6, 6.07) is 0. The highest BCUT2D eigenvalue weighted by atomic mass is 32.3. The average molecular weight is 833 g/mol. The molecule has 0 bridgehead atoms. The Morgan fingerprint density at radius 2 is 1.39 bits per heavy atom. The van der Waals surface area contributed by atoms with Gasteiger partial charge in [0.25, 0.3) is 0 Å². The van der Waals surface area contributed by atoms with Gasteiger partial charge in [0.15, 0.2) is 0 Å². The molecule has 8 N–H and O–H groups in total. The second-order valence-electron chi connectivity index (χ2n) is 16.6. The van der Waals surface area contributed by atoms with Crippen LogP contribution in [-0.4, -0.2) is 102 Å². The number of carbonyl (C=O) groups is 1. The molecule has 0 unspecified atom stereocenters. The summed E-state index contributed by atoms with van der Waals surface area (Å²) < 4.78 is 117. The summed E-state index contributed by atoms with van der Waals surface area (Å²) in [5.74, 6) is -1.85. The third kappa shape index (κ3) is 12.2. The Bertz CT molecular complexity index is 1570. The zero-order valence-corrected chi connectivity index (χ0v) is 34.3. The molecule has 54 heavy (non-hydrogen) atoms. The van der Waals surface area contributed by atoms with Crippen LogP contribution in [0.25, 0.3) is 0 Å². The summed E-state index contributed by atoms with van der Waals surface area (Å²) in [5, 5.41) is 9.74. The molecule has 0 spiro atoms. The minimum Gasteiger partial charge on any atom is -0.356 e. The molecule has 316 valence electrons. The Balaban J connectivity index is 1.41. The van der Waals surface area contributed by atoms with E-state index in [1.165, 1.54) is 0 Å². The van der Waals surface area contributed by atoms with E-state index >= 15 is 0 Å². The highest BCUT2D eigenvalue weighted by Crippen LogP contribution is 2.69. The van der Waals surface area contributed by atoms with Crippen molar-refractivity contribution < 1.29 is 56.3 Å². The van der Waals surface area contributed by atoms with Gasteiger partial charge in [-0.1, -0.05) is 20.8 Å². The summed E-state index contributed by atoms with van der Waals surface area (Å²) >= 11 is 0. The fourth-order valence-electron chi connectivity index (χ4n) is 10.9. The van der Waals surface area contributed by atoms with Crippen LogP contribution in [0.5, 0.6) is 0 Å². The molecule has 1 amide bonds. The van der Waals surface area contributed by atoms with E-state index < -0.39 is 72.2 Å². The summed E-state index contributed by atoms with van der Waals surface area (Å²) in [5.41, 5.74) is 4.05. The third-order valence-corrected chi connectivity index (χ3v) is 14.9. The summed E-state index contributed by atoms with van der Waals surface area (Å²) in [6.07, 6.45) is 4.16. The van der Waals surface area contributed by atoms with Crippen molar-refractivity contribution in [3.63, 3.8) is 0 Å². The Kier molecular flexibility index (Phi) is 16.2. The van der Waals surface area contributed by atoms with Crippen LogP contribution in [0.15, 0.2) is 0 Å². The van der Waals surface area contributed by atoms with Crippen LogP contribution < -0.4 is 21.7 Å². The van der Waals surface area contributed by atoms with Gasteiger partial charge in [0.1, 0.15) is 0 Å². The van der Waals surface area contributed by atoms with Crippen molar-refractivity contribution in [2.45, 2.75) is 123 Å². The molecule has 0 aliphatic heterocycles. The van der Waals surface area contributed by atoms with Crippen molar-refractivity contribution in [2.75, 3.05) is 39.3 Å². The highest BCUT2D eigenvalue weighted by Gasteiger charge is 2.67. The monoisotopic (exact) mass is 832 g/mol. The van der Waals surface area contributed by atoms with Crippen LogP contribution in [0.2, 0.25) is 0 Å². The van der Waals surface area contributed by atoms with E-state index in [-0.39, 0.29) is 61.7 Å². The first-order valence-electron chi connectivity index (χ1n) is 19.5. The maximum Gasteiger partial charge on any atom is 0.397 e. The van der Waals surface area contributed by atoms with E-state index in [9.17, 15) is 43.7 Å². The molecule has 20 heteroatoms. The first-order valence-corrected chi connectivity index (χ1v) is 23.6. The molecular formula is C34H64N4O13S3. The lowest BCUT2D eigenvalue weighted by Gasteiger charge is -2.64. The zero-order chi connectivity index (χ0) is 40.0. The van der Waals surface area contributed by atoms with Gasteiger partial charge in [-0.15, -0.1) is 0 Å². The fraction of sp³-hybridized carbons (Fsp3) is 0.971. The predicted molar refractivity (Wildman–Crippen MR) is 200 cm³/mol. The quantitative estimate of drug-likeness (QED) is 0.0610. The van der Waals surface area contributed by atoms with Crippen LogP contribution in [0.3, 0.4) is 0 Å². The number of carbonyl (C=O) groups excluding carboxylic acids is 1. The third-order valence-electron chi connectivity index (χ3n) is 13.4. The molecule has 11 atom stereocenters. The van der Waals surface area contributed by atoms with E-state index in [0.29, 0.717) is 38.8 Å². The van der Waals surface area contributed by atoms with Crippen molar-refractivity contribution in [3.8, 4) is 0 Å². The van der Waals surface area contributed by atoms with E-state index in [0.717, 1.165) is 51.9 Å². The minimum absolute atomic E-state index is 0.0675. The molecule has 0 heterocycles. The van der Waals surface area contributed by atoms with E-state index in [1.54, 1.807) is 0 Å². The lowest BCUT2D eigenvalue weighted by atomic mass is 9.43. The molecule has 4 aliphatic rings. The normalized spacial score (nSPS) is 34.8. The van der Waals surface area contributed by atoms with Crippen molar-refractivity contribution in [3.05, 3.63) is 0 Å². The first-order chi connectivity index (χ1) is 25.2. The molecule has 0 radical (unpaired) electrons. The topological polar surface area (TPSA) is 270 Å². The van der Waals surface area contributed by atoms with Gasteiger partial charge in [-0.25, -0.2) is 12.5 Å². The lowest BCUT2D eigenvalue weighted by Crippen LogP contribution is -2.63. The Labute approximate surface area is 322 Å². The number of hydrogen-bond acceptors (Lipinski definition) is 13. The molecule has 0 aromatic carbocycles. The van der Waals surface area contributed by atoms with Crippen LogP contribution in [-0.2, 0) is 48.5 Å². The second-order valence-corrected chi connectivity index (χ2v) is 19.7. The molecule has 4 rings (SSSR count). The number of nitrogens with one attached hydrogen (secondary N) is 3. The van der Waals surface area contributed by atoms with E-state index in [2.05, 4.69) is 16.0 Å². The van der Waals surface area contributed by atoms with Crippen LogP contribution in [0, 0.1) is 46.3 Å². The van der Waals surface area contributed by atoms with Crippen LogP contribution in [0.1, 0.15) is 104 Å². The number of unbranched alkanes of at least 4 members (excludes halogenated alkanes) is 1. The fourth-order valence-corrected chi connectivity index (χ4v) is 12.6. The number of nitrogens with two attached hydrogens (primary N) is 1. The van der Waals surface area contributed by atoms with E-state index in [1.807, 2.05) is 20.8 Å². The number of amides is 1. The predicted octanol–water partition coefficient (Wildman–Crippen LogP) is 2.66. The first kappa shape index (κ1) is 45.7. The number of fused-ring (bicyclic) bond motifs is 5. The molecule has 4 saturated carbocycles. The van der Waals surface area contributed by atoms with Crippen molar-refractivity contribution >= 4 is 37.1 Å². The van der Waals surface area contributed by atoms with Gasteiger partial charge in [-0.3, -0.25) is 18.5 Å². The molecule has 4 aliphatic carbocycles. The Morgan fingerprint density at radius 1 is 0.778 bits per heavy atom. The molecule has 0 aromatic heterocycles. The summed E-state index contributed by atoms with van der Waals surface area (Å²) in [6.45, 7) is 10.8. The summed E-state index contributed by atoms with van der Waals surface area (Å²) in [4.78, 5) is 12.9. The van der Waals surface area contributed by atoms with Crippen LogP contribution >= 0.6 is 0 Å². The Morgan fingerprint density at radius 3 is 2.00 bits per heavy atom. The van der Waals surface area contributed by atoms with Gasteiger partial charge in [-0.05, 0) is 151 Å². The molecule has 4 fully saturated rings. The molecular weight excluding hydrogens is 769 g/mol. The molecule has 17 nitrogen and oxygen atoms in total. The lowest BCUT2D eigenvalue weighted by molar-refractivity contribution is -0.196. The van der Waals surface area contributed by atoms with Gasteiger partial charge < -0.3 is 21.7 Å². The van der Waals surface area contributed by atoms with Gasteiger partial charge in [0.05, 0.1) is 18.3 Å². The second kappa shape index (κ2) is 19.1. The largest absolute Gasteiger partial charge is 0.397 e. The SMILES string of the molecule is C[C@H](CCC(=O)NCCCNCCCCNCCCN)[C@H]1CC[C@H]2[C@@H]3[C@H](OS(=O)(=O)O)C[C@@H]4C[C@H](OS(=O)(=O)O)CC[C@]4(C)[C@H]3C[C@H](OS(=O)(=O)O)[C@]12C. The van der Waals surface area contributed by atoms with Gasteiger partial charge in [0, 0.05) is 18.4 Å². The smallest absolute Gasteiger partial charge is 0.356 e. The highest BCUT2D eigenvalue weighted by molar-refractivity contribution is 7.81. The molecule has 0 aromatic rings. The minimum atomic E-state index is -4.92. The van der Waals surface area contributed by atoms with Crippen molar-refractivity contribution in [1.29, 1.82) is 0 Å². The zero-order valence-electron chi connectivity index (χ0n) is 31.9. The molecule has 0 saturated heterocycles. The standard InChI is InChI=1S/C34H64N4O13S3/c1-23(8-11-31(39)38-19-7-18-37-16-5-4-15-36-17-6-14-35)26-9-10-27-32-28(22-30(34(26,27)3)51-54(46,47)48)33(2)13-12-25(49-52(40,41)42)20-24(33)21-29(32)50-53(43,44)45/h23-30,32,36-37H,4-22,35H2,1-3H3,(H,38,39)(H,40,41,42)(H,43,44,45)(H,46,47,48)/t23-,24+,25-,26-,27+,28+,29-,30+,32+,33+,34-/m1/s1. The average Bonchev–Trinajstić information content (AvgIpc) is 3.41. The van der Waals surface area contributed by atoms with Crippen molar-refractivity contribution in [1.82, 2.24) is 16.0 Å². The van der Waals surface area contributed by atoms with Gasteiger partial charge in [-0.2, -0.15) is 25.3 Å².